The van der Waals surface area contributed by atoms with Crippen molar-refractivity contribution < 1.29 is 24.5 Å². The molecule has 21 heavy (non-hydrogen) atoms. The van der Waals surface area contributed by atoms with Crippen molar-refractivity contribution in [2.45, 2.75) is 44.6 Å². The van der Waals surface area contributed by atoms with Crippen molar-refractivity contribution in [3.8, 4) is 0 Å². The predicted octanol–water partition coefficient (Wildman–Crippen LogP) is -0.340. The summed E-state index contributed by atoms with van der Waals surface area (Å²) in [5, 5.41) is 19.1. The standard InChI is InChI=1S/C14H26N2O5/c1-14(2,3)21-13(19)15-6-10(7-15)16(4-5-17)11-8-20-9-12(11)18/h10-12,17-18H,4-9H2,1-3H3/t11-,12-/m1/s1. The molecule has 0 bridgehead atoms. The quantitative estimate of drug-likeness (QED) is 0.739. The third kappa shape index (κ3) is 4.06. The lowest BCUT2D eigenvalue weighted by molar-refractivity contribution is -0.0401. The van der Waals surface area contributed by atoms with E-state index in [4.69, 9.17) is 9.47 Å². The molecule has 2 fully saturated rings. The van der Waals surface area contributed by atoms with Crippen LogP contribution in [0.5, 0.6) is 0 Å². The van der Waals surface area contributed by atoms with Crippen LogP contribution in [0.2, 0.25) is 0 Å². The van der Waals surface area contributed by atoms with Crippen molar-refractivity contribution in [1.29, 1.82) is 0 Å². The molecule has 0 aromatic rings. The number of hydrogen-bond acceptors (Lipinski definition) is 6. The number of likely N-dealkylation sites (tertiary alicyclic amines) is 1. The van der Waals surface area contributed by atoms with Gasteiger partial charge in [-0.3, -0.25) is 4.90 Å². The fourth-order valence-electron chi connectivity index (χ4n) is 2.72. The van der Waals surface area contributed by atoms with Crippen molar-refractivity contribution in [1.82, 2.24) is 9.80 Å². The van der Waals surface area contributed by atoms with Gasteiger partial charge in [0.2, 0.25) is 0 Å². The van der Waals surface area contributed by atoms with E-state index in [2.05, 4.69) is 0 Å². The third-order valence-corrected chi connectivity index (χ3v) is 3.79. The highest BCUT2D eigenvalue weighted by molar-refractivity contribution is 5.69. The minimum atomic E-state index is -0.535. The van der Waals surface area contributed by atoms with Gasteiger partial charge in [0.25, 0.3) is 0 Å². The fraction of sp³-hybridized carbons (Fsp3) is 0.929. The van der Waals surface area contributed by atoms with Crippen molar-refractivity contribution in [3.05, 3.63) is 0 Å². The molecule has 2 atom stereocenters. The molecule has 0 saturated carbocycles. The molecule has 0 aromatic heterocycles. The Bertz CT molecular complexity index is 365. The summed E-state index contributed by atoms with van der Waals surface area (Å²) in [6, 6.07) is 0.0222. The minimum Gasteiger partial charge on any atom is -0.444 e. The summed E-state index contributed by atoms with van der Waals surface area (Å²) in [7, 11) is 0. The predicted molar refractivity (Wildman–Crippen MR) is 76.0 cm³/mol. The van der Waals surface area contributed by atoms with Gasteiger partial charge in [-0.05, 0) is 20.8 Å². The van der Waals surface area contributed by atoms with Crippen molar-refractivity contribution in [3.63, 3.8) is 0 Å². The van der Waals surface area contributed by atoms with Crippen LogP contribution in [0.15, 0.2) is 0 Å². The van der Waals surface area contributed by atoms with Crippen LogP contribution < -0.4 is 0 Å². The Balaban J connectivity index is 1.87. The summed E-state index contributed by atoms with van der Waals surface area (Å²) < 4.78 is 10.6. The van der Waals surface area contributed by atoms with E-state index in [1.165, 1.54) is 0 Å². The molecule has 7 heteroatoms. The summed E-state index contributed by atoms with van der Waals surface area (Å²) in [4.78, 5) is 15.6. The Morgan fingerprint density at radius 3 is 2.52 bits per heavy atom. The summed E-state index contributed by atoms with van der Waals surface area (Å²) in [5.74, 6) is 0. The molecule has 0 radical (unpaired) electrons. The highest BCUT2D eigenvalue weighted by Crippen LogP contribution is 2.23. The molecule has 2 N–H and O–H groups in total. The van der Waals surface area contributed by atoms with Gasteiger partial charge in [0.05, 0.1) is 32.0 Å². The molecule has 2 heterocycles. The highest BCUT2D eigenvalue weighted by Gasteiger charge is 2.42. The largest absolute Gasteiger partial charge is 0.444 e. The van der Waals surface area contributed by atoms with E-state index < -0.39 is 11.7 Å². The Hall–Kier alpha value is -0.890. The number of carbonyl (C=O) groups excluding carboxylic acids is 1. The van der Waals surface area contributed by atoms with Gasteiger partial charge >= 0.3 is 6.09 Å². The van der Waals surface area contributed by atoms with Crippen molar-refractivity contribution in [2.24, 2.45) is 0 Å². The lowest BCUT2D eigenvalue weighted by Gasteiger charge is -2.47. The first-order valence-electron chi connectivity index (χ1n) is 7.42. The average molecular weight is 302 g/mol. The van der Waals surface area contributed by atoms with Crippen LogP contribution in [0.25, 0.3) is 0 Å². The van der Waals surface area contributed by atoms with E-state index in [0.717, 1.165) is 0 Å². The van der Waals surface area contributed by atoms with E-state index >= 15 is 0 Å². The van der Waals surface area contributed by atoms with E-state index in [0.29, 0.717) is 32.8 Å². The zero-order valence-electron chi connectivity index (χ0n) is 13.0. The minimum absolute atomic E-state index is 0.0200. The first-order valence-corrected chi connectivity index (χ1v) is 7.42. The van der Waals surface area contributed by atoms with E-state index in [9.17, 15) is 15.0 Å². The van der Waals surface area contributed by atoms with Crippen molar-refractivity contribution in [2.75, 3.05) is 39.5 Å². The fourth-order valence-corrected chi connectivity index (χ4v) is 2.72. The molecule has 2 rings (SSSR count). The molecule has 0 aromatic carbocycles. The molecule has 2 saturated heterocycles. The van der Waals surface area contributed by atoms with Crippen LogP contribution in [-0.2, 0) is 9.47 Å². The number of hydrogen-bond donors (Lipinski definition) is 2. The molecule has 0 spiro atoms. The van der Waals surface area contributed by atoms with Gasteiger partial charge in [-0.15, -0.1) is 0 Å². The summed E-state index contributed by atoms with van der Waals surface area (Å²) in [6.45, 7) is 7.91. The second-order valence-electron chi connectivity index (χ2n) is 6.67. The zero-order valence-corrected chi connectivity index (χ0v) is 13.0. The van der Waals surface area contributed by atoms with Crippen LogP contribution in [0.3, 0.4) is 0 Å². The molecular formula is C14H26N2O5. The topological polar surface area (TPSA) is 82.5 Å². The zero-order chi connectivity index (χ0) is 15.6. The first-order chi connectivity index (χ1) is 9.81. The molecule has 0 unspecified atom stereocenters. The number of ether oxygens (including phenoxy) is 2. The highest BCUT2D eigenvalue weighted by atomic mass is 16.6. The maximum atomic E-state index is 11.9. The van der Waals surface area contributed by atoms with Gasteiger partial charge in [-0.2, -0.15) is 0 Å². The van der Waals surface area contributed by atoms with Gasteiger partial charge in [0, 0.05) is 25.7 Å². The lowest BCUT2D eigenvalue weighted by atomic mass is 10.0. The number of aliphatic hydroxyl groups is 2. The Labute approximate surface area is 125 Å². The summed E-state index contributed by atoms with van der Waals surface area (Å²) in [5.41, 5.74) is -0.498. The number of aliphatic hydroxyl groups excluding tert-OH is 2. The number of rotatable bonds is 4. The van der Waals surface area contributed by atoms with Crippen LogP contribution in [-0.4, -0.2) is 89.3 Å². The molecule has 122 valence electrons. The van der Waals surface area contributed by atoms with Gasteiger partial charge in [0.15, 0.2) is 0 Å². The van der Waals surface area contributed by atoms with Gasteiger partial charge in [0.1, 0.15) is 5.60 Å². The number of carbonyl (C=O) groups is 1. The molecule has 7 nitrogen and oxygen atoms in total. The molecule has 2 aliphatic heterocycles. The summed E-state index contributed by atoms with van der Waals surface area (Å²) >= 11 is 0. The number of nitrogens with zero attached hydrogens (tertiary/aromatic N) is 2. The van der Waals surface area contributed by atoms with Gasteiger partial charge in [-0.1, -0.05) is 0 Å². The van der Waals surface area contributed by atoms with Gasteiger partial charge < -0.3 is 24.6 Å². The Kier molecular flexibility index (Phi) is 5.08. The molecular weight excluding hydrogens is 276 g/mol. The average Bonchev–Trinajstić information content (AvgIpc) is 2.69. The van der Waals surface area contributed by atoms with Crippen LogP contribution >= 0.6 is 0 Å². The molecule has 1 amide bonds. The van der Waals surface area contributed by atoms with E-state index in [1.807, 2.05) is 25.7 Å². The SMILES string of the molecule is CC(C)(C)OC(=O)N1CC(N(CCO)[C@@H]2COC[C@H]2O)C1. The smallest absolute Gasteiger partial charge is 0.410 e. The Morgan fingerprint density at radius 1 is 1.38 bits per heavy atom. The summed E-state index contributed by atoms with van der Waals surface area (Å²) in [6.07, 6.45) is -0.849. The van der Waals surface area contributed by atoms with E-state index in [-0.39, 0.29) is 24.8 Å². The third-order valence-electron chi connectivity index (χ3n) is 3.79. The molecule has 2 aliphatic rings. The van der Waals surface area contributed by atoms with Gasteiger partial charge in [-0.25, -0.2) is 4.79 Å². The van der Waals surface area contributed by atoms with E-state index in [1.54, 1.807) is 4.90 Å². The lowest BCUT2D eigenvalue weighted by Crippen LogP contribution is -2.65. The second-order valence-corrected chi connectivity index (χ2v) is 6.67. The molecule has 0 aliphatic carbocycles. The maximum Gasteiger partial charge on any atom is 0.410 e. The van der Waals surface area contributed by atoms with Crippen LogP contribution in [0, 0.1) is 0 Å². The van der Waals surface area contributed by atoms with Crippen molar-refractivity contribution >= 4 is 6.09 Å². The maximum absolute atomic E-state index is 11.9. The van der Waals surface area contributed by atoms with Crippen LogP contribution in [0.1, 0.15) is 20.8 Å². The second kappa shape index (κ2) is 6.48. The van der Waals surface area contributed by atoms with Crippen LogP contribution in [0.4, 0.5) is 4.79 Å². The normalized spacial score (nSPS) is 27.0. The Morgan fingerprint density at radius 2 is 2.05 bits per heavy atom. The first kappa shape index (κ1) is 16.5. The monoisotopic (exact) mass is 302 g/mol. The number of amides is 1.